The molecule has 404 valence electrons. The number of aliphatic carboxylic acids is 2. The Labute approximate surface area is 447 Å². The van der Waals surface area contributed by atoms with Crippen LogP contribution < -0.4 is 10.6 Å². The number of rotatable bonds is 18. The molecule has 2 fully saturated rings. The maximum atomic E-state index is 14.6. The molecule has 0 radical (unpaired) electrons. The first kappa shape index (κ1) is 58.4. The van der Waals surface area contributed by atoms with Crippen molar-refractivity contribution in [3.05, 3.63) is 126 Å². The molecule has 4 N–H and O–H groups in total. The molecule has 0 aliphatic carbocycles. The van der Waals surface area contributed by atoms with E-state index in [0.29, 0.717) is 73.5 Å². The summed E-state index contributed by atoms with van der Waals surface area (Å²) in [5.74, 6) is -8.92. The number of carbonyl (C=O) groups is 4. The van der Waals surface area contributed by atoms with Crippen molar-refractivity contribution >= 4 is 81.4 Å². The minimum atomic E-state index is -2.99. The van der Waals surface area contributed by atoms with Gasteiger partial charge in [-0.25, -0.2) is 41.5 Å². The molecule has 3 unspecified atom stereocenters. The summed E-state index contributed by atoms with van der Waals surface area (Å²) in [6, 6.07) is 10.8. The van der Waals surface area contributed by atoms with Crippen LogP contribution in [-0.2, 0) is 28.7 Å². The van der Waals surface area contributed by atoms with Crippen LogP contribution >= 0.6 is 45.9 Å². The van der Waals surface area contributed by atoms with Crippen LogP contribution in [0.25, 0.3) is 0 Å². The molecule has 4 aromatic rings. The number of carboxylic acids is 2. The van der Waals surface area contributed by atoms with Gasteiger partial charge in [-0.05, 0) is 49.9 Å². The minimum Gasteiger partial charge on any atom is -0.481 e. The number of thiazole rings is 2. The van der Waals surface area contributed by atoms with Crippen molar-refractivity contribution in [3.63, 3.8) is 0 Å². The van der Waals surface area contributed by atoms with E-state index in [2.05, 4.69) is 25.6 Å². The van der Waals surface area contributed by atoms with E-state index in [1.165, 1.54) is 46.8 Å². The number of amidine groups is 2. The second kappa shape index (κ2) is 26.8. The normalized spacial score (nSPS) is 20.5. The number of hydrogen-bond acceptors (Lipinski definition) is 16. The maximum Gasteiger partial charge on any atom is 0.338 e. The Kier molecular flexibility index (Phi) is 20.8. The molecule has 4 aliphatic heterocycles. The number of ether oxygens (including phenoxy) is 2. The first-order chi connectivity index (χ1) is 35.7. The lowest BCUT2D eigenvalue weighted by Crippen LogP contribution is -2.43. The molecule has 25 heteroatoms. The predicted octanol–water partition coefficient (Wildman–Crippen LogP) is 9.28. The fourth-order valence-electron chi connectivity index (χ4n) is 8.98. The molecular weight excluding hydrogens is 1070 g/mol. The van der Waals surface area contributed by atoms with Gasteiger partial charge < -0.3 is 30.3 Å². The topological polar surface area (TPSA) is 208 Å². The summed E-state index contributed by atoms with van der Waals surface area (Å²) < 4.78 is 79.8. The molecule has 2 aromatic heterocycles. The van der Waals surface area contributed by atoms with Crippen LogP contribution in [0.3, 0.4) is 0 Å². The fourth-order valence-corrected chi connectivity index (χ4v) is 10.6. The molecule has 75 heavy (non-hydrogen) atoms. The lowest BCUT2D eigenvalue weighted by atomic mass is 9.93. The summed E-state index contributed by atoms with van der Waals surface area (Å²) in [4.78, 5) is 68.3. The SMILES string of the molecule is CCOC(=O)C1=C(CN2CC(F)(F)CC2C(C)CC(=O)O)NC(c2nccs2)=N[C@H]1c1ccccc1Cl.COC(=O)C1=C(CN2CC(F)(F)CC2CCCCC(=O)O)NC(c2nccs2)=NC1.Fc1cccc(Cl)c1. The Balaban J connectivity index is 0.000000215. The van der Waals surface area contributed by atoms with Gasteiger partial charge in [0.1, 0.15) is 11.9 Å². The van der Waals surface area contributed by atoms with Gasteiger partial charge in [0.05, 0.1) is 44.5 Å². The highest BCUT2D eigenvalue weighted by Gasteiger charge is 2.48. The van der Waals surface area contributed by atoms with E-state index in [-0.39, 0.29) is 56.9 Å². The quantitative estimate of drug-likeness (QED) is 0.0416. The van der Waals surface area contributed by atoms with E-state index in [1.807, 2.05) is 0 Å². The molecule has 0 saturated carbocycles. The number of likely N-dealkylation sites (tertiary alicyclic amines) is 2. The van der Waals surface area contributed by atoms with Crippen molar-refractivity contribution in [3.8, 4) is 0 Å². The Hall–Kier alpha value is -5.85. The molecule has 2 aromatic carbocycles. The summed E-state index contributed by atoms with van der Waals surface area (Å²) >= 11 is 14.6. The van der Waals surface area contributed by atoms with Gasteiger partial charge in [0, 0.05) is 101 Å². The number of halogens is 7. The number of carboxylic acid groups (broad SMARTS) is 2. The van der Waals surface area contributed by atoms with Gasteiger partial charge in [-0.3, -0.25) is 29.4 Å². The smallest absolute Gasteiger partial charge is 0.338 e. The number of carbonyl (C=O) groups excluding carboxylic acids is 2. The number of benzene rings is 2. The van der Waals surface area contributed by atoms with Crippen LogP contribution in [-0.4, -0.2) is 136 Å². The Morgan fingerprint density at radius 2 is 1.51 bits per heavy atom. The zero-order valence-corrected chi connectivity index (χ0v) is 44.1. The summed E-state index contributed by atoms with van der Waals surface area (Å²) in [5, 5.41) is 29.9. The van der Waals surface area contributed by atoms with Crippen molar-refractivity contribution < 1.29 is 60.8 Å². The number of aromatic nitrogens is 2. The Morgan fingerprint density at radius 1 is 0.853 bits per heavy atom. The molecule has 2 saturated heterocycles. The van der Waals surface area contributed by atoms with Crippen molar-refractivity contribution in [1.29, 1.82) is 0 Å². The number of alkyl halides is 4. The highest BCUT2D eigenvalue weighted by Crippen LogP contribution is 2.41. The minimum absolute atomic E-state index is 0.0238. The molecule has 6 heterocycles. The van der Waals surface area contributed by atoms with Crippen molar-refractivity contribution in [2.24, 2.45) is 15.9 Å². The van der Waals surface area contributed by atoms with Gasteiger partial charge in [0.2, 0.25) is 0 Å². The molecule has 4 atom stereocenters. The van der Waals surface area contributed by atoms with Crippen LogP contribution in [0.5, 0.6) is 0 Å². The molecule has 0 spiro atoms. The van der Waals surface area contributed by atoms with E-state index in [9.17, 15) is 46.2 Å². The van der Waals surface area contributed by atoms with E-state index < -0.39 is 79.3 Å². The zero-order valence-electron chi connectivity index (χ0n) is 40.9. The Morgan fingerprint density at radius 3 is 2.11 bits per heavy atom. The number of hydrogen-bond donors (Lipinski definition) is 4. The monoisotopic (exact) mass is 1120 g/mol. The first-order valence-electron chi connectivity index (χ1n) is 23.7. The van der Waals surface area contributed by atoms with Gasteiger partial charge in [0.25, 0.3) is 11.8 Å². The summed E-state index contributed by atoms with van der Waals surface area (Å²) in [6.45, 7) is 2.58. The number of nitrogens with zero attached hydrogens (tertiary/aromatic N) is 6. The van der Waals surface area contributed by atoms with E-state index >= 15 is 0 Å². The number of aliphatic imine (C=N–C) groups is 2. The fraction of sp³-hybridized carbons (Fsp3) is 0.440. The highest BCUT2D eigenvalue weighted by molar-refractivity contribution is 7.12. The number of esters is 2. The second-order valence-corrected chi connectivity index (χ2v) is 20.5. The van der Waals surface area contributed by atoms with Crippen LogP contribution in [0.2, 0.25) is 10.0 Å². The number of methoxy groups -OCH3 is 1. The lowest BCUT2D eigenvalue weighted by molar-refractivity contribution is -0.139. The Bertz CT molecular complexity index is 2750. The number of unbranched alkanes of at least 4 members (excludes halogenated alkanes) is 1. The van der Waals surface area contributed by atoms with Crippen LogP contribution in [0.4, 0.5) is 22.0 Å². The van der Waals surface area contributed by atoms with Gasteiger partial charge >= 0.3 is 23.9 Å². The van der Waals surface area contributed by atoms with Gasteiger partial charge in [-0.15, -0.1) is 22.7 Å². The largest absolute Gasteiger partial charge is 0.481 e. The average Bonchev–Trinajstić information content (AvgIpc) is 4.19. The third kappa shape index (κ3) is 16.6. The van der Waals surface area contributed by atoms with Crippen molar-refractivity contribution in [2.75, 3.05) is 46.4 Å². The summed E-state index contributed by atoms with van der Waals surface area (Å²) in [6.07, 6.45) is 3.74. The molecule has 8 rings (SSSR count). The average molecular weight is 1130 g/mol. The molecule has 16 nitrogen and oxygen atoms in total. The molecular formula is C50H55Cl2F5N8O8S2. The lowest BCUT2D eigenvalue weighted by Gasteiger charge is -2.33. The standard InChI is InChI=1S/C25H27ClF2N4O4S.C19H24F2N4O4S.C6H4ClF/c1-3-36-24(35)20-17(12-32-13-25(27,28)11-18(32)14(2)10-19(33)34)30-22(23-29-8-9-37-23)31-21(20)15-6-4-5-7-16(15)26;1-29-18(28)13-9-23-16(17-22-6-7-30-17)24-14(13)10-25-11-19(20,21)8-12(25)4-2-3-5-15(26)27;7-5-2-1-3-6(8)4-5/h4-9,14,18,21H,3,10-13H2,1-2H3,(H,30,31)(H,33,34);6-7,12H,2-5,8-11H2,1H3,(H,23,24)(H,26,27);1-4H/t14?,18?,21-;;/m0../s1. The predicted molar refractivity (Wildman–Crippen MR) is 274 cm³/mol. The zero-order chi connectivity index (χ0) is 54.5. The van der Waals surface area contributed by atoms with Crippen molar-refractivity contribution in [1.82, 2.24) is 30.4 Å². The van der Waals surface area contributed by atoms with Crippen molar-refractivity contribution in [2.45, 2.75) is 88.8 Å². The summed E-state index contributed by atoms with van der Waals surface area (Å²) in [5.41, 5.74) is 1.85. The van der Waals surface area contributed by atoms with E-state index in [4.69, 9.17) is 42.8 Å². The molecule has 0 bridgehead atoms. The number of nitrogens with one attached hydrogen (secondary N) is 2. The first-order valence-corrected chi connectivity index (χ1v) is 26.2. The van der Waals surface area contributed by atoms with Crippen LogP contribution in [0.15, 0.2) is 104 Å². The van der Waals surface area contributed by atoms with Gasteiger partial charge in [0.15, 0.2) is 21.7 Å². The van der Waals surface area contributed by atoms with Crippen LogP contribution in [0, 0.1) is 11.7 Å². The second-order valence-electron chi connectivity index (χ2n) is 17.9. The molecule has 0 amide bonds. The third-order valence-corrected chi connectivity index (χ3v) is 14.4. The molecule has 4 aliphatic rings. The van der Waals surface area contributed by atoms with Gasteiger partial charge in [-0.1, -0.05) is 60.8 Å². The van der Waals surface area contributed by atoms with Gasteiger partial charge in [-0.2, -0.15) is 0 Å². The highest BCUT2D eigenvalue weighted by atomic mass is 35.5. The summed E-state index contributed by atoms with van der Waals surface area (Å²) in [7, 11) is 1.27. The van der Waals surface area contributed by atoms with Crippen LogP contribution in [0.1, 0.15) is 80.4 Å². The maximum absolute atomic E-state index is 14.6. The van der Waals surface area contributed by atoms with E-state index in [0.717, 1.165) is 0 Å². The third-order valence-electron chi connectivity index (χ3n) is 12.3. The van der Waals surface area contributed by atoms with E-state index in [1.54, 1.807) is 78.3 Å².